The molecule has 4 rings (SSSR count). The zero-order valence-corrected chi connectivity index (χ0v) is 26.4. The van der Waals surface area contributed by atoms with Crippen molar-refractivity contribution in [1.29, 1.82) is 0 Å². The van der Waals surface area contributed by atoms with Crippen molar-refractivity contribution in [2.24, 2.45) is 20.0 Å². The Morgan fingerprint density at radius 2 is 0.929 bits per heavy atom. The summed E-state index contributed by atoms with van der Waals surface area (Å²) in [5.41, 5.74) is -7.73. The lowest BCUT2D eigenvalue weighted by molar-refractivity contribution is -0.140. The molecule has 0 aliphatic heterocycles. The monoisotopic (exact) mass is 820 g/mol. The number of isocyanates is 4. The van der Waals surface area contributed by atoms with E-state index in [1.54, 1.807) is 0 Å². The molecule has 0 spiro atoms. The highest BCUT2D eigenvalue weighted by molar-refractivity contribution is 5.56. The van der Waals surface area contributed by atoms with Crippen LogP contribution in [0.4, 0.5) is 93.0 Å². The number of hydrogen-bond donors (Lipinski definition) is 0. The Bertz CT molecular complexity index is 2180. The fourth-order valence-electron chi connectivity index (χ4n) is 3.46. The largest absolute Gasteiger partial charge is 0.419 e. The molecule has 0 unspecified atom stereocenters. The average molecular weight is 820 g/mol. The van der Waals surface area contributed by atoms with Gasteiger partial charge in [0.05, 0.1) is 33.6 Å². The first kappa shape index (κ1) is 47.3. The molecule has 4 aromatic carbocycles. The van der Waals surface area contributed by atoms with Crippen LogP contribution in [-0.2, 0) is 43.9 Å². The van der Waals surface area contributed by atoms with Crippen molar-refractivity contribution in [3.63, 3.8) is 0 Å². The van der Waals surface area contributed by atoms with Crippen LogP contribution in [0.25, 0.3) is 0 Å². The molecule has 8 nitrogen and oxygen atoms in total. The van der Waals surface area contributed by atoms with Crippen LogP contribution in [0.2, 0.25) is 0 Å². The highest BCUT2D eigenvalue weighted by Crippen LogP contribution is 2.38. The van der Waals surface area contributed by atoms with E-state index in [0.29, 0.717) is 36.4 Å². The molecule has 0 N–H and O–H groups in total. The second-order valence-corrected chi connectivity index (χ2v) is 9.43. The maximum atomic E-state index is 12.8. The molecule has 24 heteroatoms. The van der Waals surface area contributed by atoms with Crippen molar-refractivity contribution in [3.8, 4) is 0 Å². The Balaban J connectivity index is 0.000000373. The van der Waals surface area contributed by atoms with Crippen molar-refractivity contribution >= 4 is 47.1 Å². The first-order chi connectivity index (χ1) is 25.8. The van der Waals surface area contributed by atoms with Crippen LogP contribution < -0.4 is 0 Å². The first-order valence-corrected chi connectivity index (χ1v) is 13.6. The van der Waals surface area contributed by atoms with E-state index in [2.05, 4.69) is 20.0 Å². The first-order valence-electron chi connectivity index (χ1n) is 13.6. The standard InChI is InChI=1S/4C8H3F4NO/c9-7-2-1-5(13-4-14)3-6(7)8(10,11)12;9-5-1-2-7(13-4-14)6(3-5)8(10,11)12;9-6-2-1-5(8(10,11)12)3-7(6)13-4-14;9-6-3-1-2-5(8(10,11)12)7(6)13-4-14/h4*1-3H. The lowest BCUT2D eigenvalue weighted by Gasteiger charge is -2.08. The number of carbonyl (C=O) groups excluding carboxylic acids is 4. The normalized spacial score (nSPS) is 10.9. The van der Waals surface area contributed by atoms with Gasteiger partial charge in [0.1, 0.15) is 34.6 Å². The van der Waals surface area contributed by atoms with Gasteiger partial charge in [-0.3, -0.25) is 0 Å². The summed E-state index contributed by atoms with van der Waals surface area (Å²) < 4.78 is 196. The molecule has 0 aromatic heterocycles. The topological polar surface area (TPSA) is 118 Å². The van der Waals surface area contributed by atoms with Gasteiger partial charge in [-0.05, 0) is 66.7 Å². The molecule has 0 atom stereocenters. The minimum Gasteiger partial charge on any atom is -0.211 e. The van der Waals surface area contributed by atoms with Crippen molar-refractivity contribution < 1.29 is 89.4 Å². The van der Waals surface area contributed by atoms with Crippen LogP contribution in [0.15, 0.2) is 92.8 Å². The van der Waals surface area contributed by atoms with E-state index in [1.807, 2.05) is 0 Å². The van der Waals surface area contributed by atoms with Gasteiger partial charge in [0.15, 0.2) is 0 Å². The zero-order chi connectivity index (χ0) is 43.1. The minimum absolute atomic E-state index is 0.274. The third-order valence-electron chi connectivity index (χ3n) is 5.75. The summed E-state index contributed by atoms with van der Waals surface area (Å²) in [7, 11) is 0. The summed E-state index contributed by atoms with van der Waals surface area (Å²) in [4.78, 5) is 50.3. The summed E-state index contributed by atoms with van der Waals surface area (Å²) in [5, 5.41) is 0. The Labute approximate surface area is 299 Å². The van der Waals surface area contributed by atoms with Gasteiger partial charge in [-0.2, -0.15) is 72.7 Å². The molecule has 296 valence electrons. The Morgan fingerprint density at radius 1 is 0.411 bits per heavy atom. The predicted molar refractivity (Wildman–Crippen MR) is 157 cm³/mol. The second-order valence-electron chi connectivity index (χ2n) is 9.43. The number of rotatable bonds is 4. The smallest absolute Gasteiger partial charge is 0.211 e. The van der Waals surface area contributed by atoms with Crippen molar-refractivity contribution in [2.45, 2.75) is 24.7 Å². The van der Waals surface area contributed by atoms with E-state index >= 15 is 0 Å². The lowest BCUT2D eigenvalue weighted by Crippen LogP contribution is -2.07. The highest BCUT2D eigenvalue weighted by Gasteiger charge is 2.36. The van der Waals surface area contributed by atoms with E-state index < -0.39 is 87.3 Å². The van der Waals surface area contributed by atoms with E-state index in [-0.39, 0.29) is 11.8 Å². The quantitative estimate of drug-likeness (QED) is 0.116. The number of hydrogen-bond acceptors (Lipinski definition) is 8. The summed E-state index contributed by atoms with van der Waals surface area (Å²) >= 11 is 0. The van der Waals surface area contributed by atoms with Crippen molar-refractivity contribution in [3.05, 3.63) is 118 Å². The van der Waals surface area contributed by atoms with Gasteiger partial charge in [-0.25, -0.2) is 36.7 Å². The average Bonchev–Trinajstić information content (AvgIpc) is 3.08. The fourth-order valence-corrected chi connectivity index (χ4v) is 3.46. The number of alkyl halides is 12. The molecule has 0 radical (unpaired) electrons. The van der Waals surface area contributed by atoms with E-state index in [0.717, 1.165) is 54.7 Å². The zero-order valence-electron chi connectivity index (χ0n) is 26.4. The Morgan fingerprint density at radius 3 is 1.43 bits per heavy atom. The van der Waals surface area contributed by atoms with E-state index in [4.69, 9.17) is 0 Å². The third-order valence-corrected chi connectivity index (χ3v) is 5.75. The van der Waals surface area contributed by atoms with Crippen LogP contribution in [0.5, 0.6) is 0 Å². The summed E-state index contributed by atoms with van der Waals surface area (Å²) in [6, 6.07) is 7.74. The molecule has 0 heterocycles. The number of para-hydroxylation sites is 1. The molecule has 4 aromatic rings. The van der Waals surface area contributed by atoms with Gasteiger partial charge in [-0.1, -0.05) is 6.07 Å². The molecule has 0 bridgehead atoms. The number of nitrogens with zero attached hydrogens (tertiary/aromatic N) is 4. The van der Waals surface area contributed by atoms with Crippen LogP contribution in [0, 0.1) is 23.3 Å². The highest BCUT2D eigenvalue weighted by atomic mass is 19.4. The van der Waals surface area contributed by atoms with Crippen LogP contribution >= 0.6 is 0 Å². The van der Waals surface area contributed by atoms with Gasteiger partial charge in [0.2, 0.25) is 24.3 Å². The number of aliphatic imine (C=N–C) groups is 4. The van der Waals surface area contributed by atoms with Gasteiger partial charge in [-0.15, -0.1) is 0 Å². The molecule has 0 saturated carbocycles. The predicted octanol–water partition coefficient (Wildman–Crippen LogP) is 11.2. The molecule has 56 heavy (non-hydrogen) atoms. The second kappa shape index (κ2) is 20.1. The molecular formula is C32H12F16N4O4. The van der Waals surface area contributed by atoms with Gasteiger partial charge in [0.25, 0.3) is 0 Å². The van der Waals surface area contributed by atoms with Crippen molar-refractivity contribution in [1.82, 2.24) is 0 Å². The molecule has 0 amide bonds. The van der Waals surface area contributed by atoms with Gasteiger partial charge < -0.3 is 0 Å². The maximum absolute atomic E-state index is 12.8. The Kier molecular flexibility index (Phi) is 17.0. The van der Waals surface area contributed by atoms with E-state index in [1.165, 1.54) is 0 Å². The minimum atomic E-state index is -4.79. The SMILES string of the molecule is O=C=Nc1c(F)cccc1C(F)(F)F.O=C=Nc1cc(C(F)(F)F)ccc1F.O=C=Nc1ccc(F)c(C(F)(F)F)c1.O=C=Nc1ccc(F)cc1C(F)(F)F. The fraction of sp³-hybridized carbons (Fsp3) is 0.125. The van der Waals surface area contributed by atoms with Gasteiger partial charge >= 0.3 is 24.7 Å². The maximum Gasteiger partial charge on any atom is 0.419 e. The van der Waals surface area contributed by atoms with Crippen LogP contribution in [-0.4, -0.2) is 24.3 Å². The van der Waals surface area contributed by atoms with E-state index in [9.17, 15) is 89.4 Å². The molecule has 0 fully saturated rings. The summed E-state index contributed by atoms with van der Waals surface area (Å²) in [6.45, 7) is 0. The molecular weight excluding hydrogens is 808 g/mol. The lowest BCUT2D eigenvalue weighted by atomic mass is 10.1. The van der Waals surface area contributed by atoms with Gasteiger partial charge in [0, 0.05) is 0 Å². The summed E-state index contributed by atoms with van der Waals surface area (Å²) in [6.07, 6.45) is -15.0. The van der Waals surface area contributed by atoms with Crippen molar-refractivity contribution in [2.75, 3.05) is 0 Å². The number of benzene rings is 4. The third kappa shape index (κ3) is 15.0. The van der Waals surface area contributed by atoms with Crippen LogP contribution in [0.1, 0.15) is 22.3 Å². The molecule has 0 saturated heterocycles. The van der Waals surface area contributed by atoms with Crippen LogP contribution in [0.3, 0.4) is 0 Å². The molecule has 0 aliphatic carbocycles. The Hall–Kier alpha value is -6.72. The number of halogens is 16. The summed E-state index contributed by atoms with van der Waals surface area (Å²) in [5.74, 6) is -4.64. The molecule has 0 aliphatic rings.